The number of methoxy groups -OCH3 is 1. The number of anilines is 1. The zero-order valence-electron chi connectivity index (χ0n) is 11.8. The van der Waals surface area contributed by atoms with Crippen LogP contribution in [0.3, 0.4) is 0 Å². The molecule has 1 heterocycles. The molecule has 1 aliphatic carbocycles. The molecule has 6 heteroatoms. The summed E-state index contributed by atoms with van der Waals surface area (Å²) in [6.07, 6.45) is 2.36. The van der Waals surface area contributed by atoms with Crippen molar-refractivity contribution in [3.63, 3.8) is 0 Å². The van der Waals surface area contributed by atoms with Gasteiger partial charge in [-0.2, -0.15) is 0 Å². The van der Waals surface area contributed by atoms with E-state index < -0.39 is 0 Å². The van der Waals surface area contributed by atoms with Crippen LogP contribution in [0, 0.1) is 0 Å². The van der Waals surface area contributed by atoms with E-state index in [1.807, 2.05) is 25.2 Å². The second kappa shape index (κ2) is 5.81. The quantitative estimate of drug-likeness (QED) is 0.864. The summed E-state index contributed by atoms with van der Waals surface area (Å²) < 4.78 is 6.13. The fraction of sp³-hybridized carbons (Fsp3) is 0.333. The molecule has 1 aromatic heterocycles. The Hall–Kier alpha value is -1.33. The average Bonchev–Trinajstić information content (AvgIpc) is 3.32. The van der Waals surface area contributed by atoms with Crippen LogP contribution >= 0.6 is 27.5 Å². The Kier molecular flexibility index (Phi) is 4.04. The highest BCUT2D eigenvalue weighted by Crippen LogP contribution is 2.44. The molecule has 110 valence electrons. The SMILES string of the molecule is CNc1nc(-c2ccc(OC)c(Cl)c2)nc(C2CC2)c1Br. The molecule has 1 aliphatic rings. The van der Waals surface area contributed by atoms with E-state index in [2.05, 4.69) is 26.2 Å². The van der Waals surface area contributed by atoms with Crippen LogP contribution in [0.25, 0.3) is 11.4 Å². The molecule has 0 unspecified atom stereocenters. The van der Waals surface area contributed by atoms with Crippen LogP contribution in [0.15, 0.2) is 22.7 Å². The minimum atomic E-state index is 0.530. The van der Waals surface area contributed by atoms with Gasteiger partial charge >= 0.3 is 0 Å². The minimum Gasteiger partial charge on any atom is -0.495 e. The van der Waals surface area contributed by atoms with E-state index in [1.165, 1.54) is 12.8 Å². The summed E-state index contributed by atoms with van der Waals surface area (Å²) in [6.45, 7) is 0. The van der Waals surface area contributed by atoms with Gasteiger partial charge in [-0.3, -0.25) is 0 Å². The monoisotopic (exact) mass is 367 g/mol. The Labute approximate surface area is 137 Å². The minimum absolute atomic E-state index is 0.530. The molecule has 4 nitrogen and oxygen atoms in total. The fourth-order valence-corrected chi connectivity index (χ4v) is 3.15. The zero-order valence-corrected chi connectivity index (χ0v) is 14.1. The Morgan fingerprint density at radius 3 is 2.67 bits per heavy atom. The Morgan fingerprint density at radius 1 is 1.33 bits per heavy atom. The van der Waals surface area contributed by atoms with E-state index in [0.717, 1.165) is 21.5 Å². The first-order valence-electron chi connectivity index (χ1n) is 6.73. The van der Waals surface area contributed by atoms with Gasteiger partial charge in [-0.05, 0) is 47.0 Å². The maximum atomic E-state index is 6.19. The van der Waals surface area contributed by atoms with Gasteiger partial charge in [0.2, 0.25) is 0 Å². The lowest BCUT2D eigenvalue weighted by molar-refractivity contribution is 0.415. The standard InChI is InChI=1S/C15H15BrClN3O/c1-18-15-12(16)13(8-3-4-8)19-14(20-15)9-5-6-11(21-2)10(17)7-9/h5-8H,3-4H2,1-2H3,(H,18,19,20). The van der Waals surface area contributed by atoms with Crippen molar-refractivity contribution < 1.29 is 4.74 Å². The zero-order chi connectivity index (χ0) is 15.0. The molecular weight excluding hydrogens is 354 g/mol. The number of hydrogen-bond donors (Lipinski definition) is 1. The fourth-order valence-electron chi connectivity index (χ4n) is 2.19. The normalized spacial score (nSPS) is 14.1. The van der Waals surface area contributed by atoms with Gasteiger partial charge in [0.1, 0.15) is 11.6 Å². The van der Waals surface area contributed by atoms with Crippen molar-refractivity contribution in [1.29, 1.82) is 0 Å². The highest BCUT2D eigenvalue weighted by atomic mass is 79.9. The van der Waals surface area contributed by atoms with Crippen molar-refractivity contribution in [1.82, 2.24) is 9.97 Å². The smallest absolute Gasteiger partial charge is 0.161 e. The van der Waals surface area contributed by atoms with Gasteiger partial charge in [0.15, 0.2) is 5.82 Å². The summed E-state index contributed by atoms with van der Waals surface area (Å²) in [4.78, 5) is 9.27. The molecule has 1 saturated carbocycles. The summed E-state index contributed by atoms with van der Waals surface area (Å²) in [5.41, 5.74) is 1.95. The van der Waals surface area contributed by atoms with Crippen molar-refractivity contribution in [2.45, 2.75) is 18.8 Å². The molecule has 3 rings (SSSR count). The lowest BCUT2D eigenvalue weighted by atomic mass is 10.2. The lowest BCUT2D eigenvalue weighted by Crippen LogP contribution is -2.02. The third kappa shape index (κ3) is 2.85. The number of halogens is 2. The van der Waals surface area contributed by atoms with Crippen molar-refractivity contribution in [3.8, 4) is 17.1 Å². The van der Waals surface area contributed by atoms with E-state index in [0.29, 0.717) is 22.5 Å². The summed E-state index contributed by atoms with van der Waals surface area (Å²) in [6, 6.07) is 5.59. The molecule has 0 radical (unpaired) electrons. The van der Waals surface area contributed by atoms with Crippen LogP contribution in [0.5, 0.6) is 5.75 Å². The lowest BCUT2D eigenvalue weighted by Gasteiger charge is -2.11. The van der Waals surface area contributed by atoms with Gasteiger partial charge in [0, 0.05) is 18.5 Å². The Balaban J connectivity index is 2.09. The average molecular weight is 369 g/mol. The highest BCUT2D eigenvalue weighted by molar-refractivity contribution is 9.10. The van der Waals surface area contributed by atoms with Crippen LogP contribution in [0.2, 0.25) is 5.02 Å². The number of aromatic nitrogens is 2. The van der Waals surface area contributed by atoms with E-state index in [-0.39, 0.29) is 0 Å². The van der Waals surface area contributed by atoms with Gasteiger partial charge in [-0.1, -0.05) is 11.6 Å². The molecule has 0 atom stereocenters. The van der Waals surface area contributed by atoms with E-state index in [9.17, 15) is 0 Å². The summed E-state index contributed by atoms with van der Waals surface area (Å²) >= 11 is 9.79. The van der Waals surface area contributed by atoms with Crippen LogP contribution in [0.4, 0.5) is 5.82 Å². The van der Waals surface area contributed by atoms with Crippen LogP contribution in [-0.2, 0) is 0 Å². The van der Waals surface area contributed by atoms with Gasteiger partial charge in [0.05, 0.1) is 22.3 Å². The summed E-state index contributed by atoms with van der Waals surface area (Å²) in [5, 5.41) is 3.67. The Morgan fingerprint density at radius 2 is 2.10 bits per heavy atom. The van der Waals surface area contributed by atoms with Gasteiger partial charge in [0.25, 0.3) is 0 Å². The summed E-state index contributed by atoms with van der Waals surface area (Å²) in [7, 11) is 3.45. The van der Waals surface area contributed by atoms with Crippen LogP contribution < -0.4 is 10.1 Å². The van der Waals surface area contributed by atoms with Crippen molar-refractivity contribution in [3.05, 3.63) is 33.4 Å². The number of nitrogens with one attached hydrogen (secondary N) is 1. The molecule has 21 heavy (non-hydrogen) atoms. The second-order valence-electron chi connectivity index (χ2n) is 4.97. The third-order valence-electron chi connectivity index (χ3n) is 3.49. The predicted octanol–water partition coefficient (Wildman–Crippen LogP) is 4.49. The number of rotatable bonds is 4. The first-order chi connectivity index (χ1) is 10.1. The maximum Gasteiger partial charge on any atom is 0.161 e. The molecule has 1 fully saturated rings. The Bertz CT molecular complexity index is 689. The summed E-state index contributed by atoms with van der Waals surface area (Å²) in [5.74, 6) is 2.65. The van der Waals surface area contributed by atoms with Crippen molar-refractivity contribution in [2.24, 2.45) is 0 Å². The molecule has 0 aliphatic heterocycles. The molecule has 1 N–H and O–H groups in total. The largest absolute Gasteiger partial charge is 0.495 e. The molecular formula is C15H15BrClN3O. The number of ether oxygens (including phenoxy) is 1. The maximum absolute atomic E-state index is 6.19. The van der Waals surface area contributed by atoms with Gasteiger partial charge < -0.3 is 10.1 Å². The second-order valence-corrected chi connectivity index (χ2v) is 6.17. The van der Waals surface area contributed by atoms with E-state index in [1.54, 1.807) is 7.11 Å². The molecule has 0 spiro atoms. The molecule has 1 aromatic carbocycles. The third-order valence-corrected chi connectivity index (χ3v) is 4.56. The first kappa shape index (κ1) is 14.6. The van der Waals surface area contributed by atoms with Crippen LogP contribution in [0.1, 0.15) is 24.5 Å². The van der Waals surface area contributed by atoms with Gasteiger partial charge in [-0.25, -0.2) is 9.97 Å². The van der Waals surface area contributed by atoms with E-state index >= 15 is 0 Å². The number of nitrogens with zero attached hydrogens (tertiary/aromatic N) is 2. The molecule has 0 amide bonds. The molecule has 0 saturated heterocycles. The first-order valence-corrected chi connectivity index (χ1v) is 7.90. The van der Waals surface area contributed by atoms with Crippen molar-refractivity contribution >= 4 is 33.3 Å². The number of benzene rings is 1. The van der Waals surface area contributed by atoms with Crippen molar-refractivity contribution in [2.75, 3.05) is 19.5 Å². The predicted molar refractivity (Wildman–Crippen MR) is 88.3 cm³/mol. The topological polar surface area (TPSA) is 47.0 Å². The van der Waals surface area contributed by atoms with Gasteiger partial charge in [-0.15, -0.1) is 0 Å². The number of hydrogen-bond acceptors (Lipinski definition) is 4. The van der Waals surface area contributed by atoms with E-state index in [4.69, 9.17) is 21.3 Å². The molecule has 2 aromatic rings. The highest BCUT2D eigenvalue weighted by Gasteiger charge is 2.29. The van der Waals surface area contributed by atoms with Crippen LogP contribution in [-0.4, -0.2) is 24.1 Å². The molecule has 0 bridgehead atoms.